The van der Waals surface area contributed by atoms with E-state index in [1.807, 2.05) is 36.4 Å². The van der Waals surface area contributed by atoms with E-state index in [-0.39, 0.29) is 5.41 Å². The Kier molecular flexibility index (Phi) is 5.00. The highest BCUT2D eigenvalue weighted by Crippen LogP contribution is 2.31. The molecule has 1 saturated heterocycles. The third kappa shape index (κ3) is 3.84. The molecule has 0 bridgehead atoms. The van der Waals surface area contributed by atoms with Crippen LogP contribution in [-0.2, 0) is 22.7 Å². The Hall–Kier alpha value is -2.93. The number of benzene rings is 1. The van der Waals surface area contributed by atoms with Crippen molar-refractivity contribution in [2.75, 3.05) is 29.9 Å². The molecule has 7 nitrogen and oxygen atoms in total. The Labute approximate surface area is 164 Å². The molecule has 0 radical (unpaired) electrons. The number of nitrogens with zero attached hydrogens (tertiary/aromatic N) is 2. The van der Waals surface area contributed by atoms with Crippen LogP contribution in [0.5, 0.6) is 0 Å². The molecule has 4 rings (SSSR count). The number of hydrogen-bond donors (Lipinski definition) is 3. The number of fused-ring (bicyclic) bond motifs is 1. The van der Waals surface area contributed by atoms with Crippen molar-refractivity contribution in [1.82, 2.24) is 15.6 Å². The first-order valence-electron chi connectivity index (χ1n) is 9.61. The van der Waals surface area contributed by atoms with Gasteiger partial charge in [0.1, 0.15) is 5.82 Å². The zero-order valence-electron chi connectivity index (χ0n) is 16.0. The van der Waals surface area contributed by atoms with Crippen LogP contribution in [0.2, 0.25) is 0 Å². The highest BCUT2D eigenvalue weighted by atomic mass is 16.2. The number of anilines is 2. The zero-order valence-corrected chi connectivity index (χ0v) is 16.0. The number of amides is 2. The lowest BCUT2D eigenvalue weighted by Gasteiger charge is -2.22. The maximum absolute atomic E-state index is 12.4. The second kappa shape index (κ2) is 7.59. The number of carbonyl (C=O) groups is 2. The van der Waals surface area contributed by atoms with E-state index in [1.165, 1.54) is 0 Å². The highest BCUT2D eigenvalue weighted by Gasteiger charge is 2.30. The smallest absolute Gasteiger partial charge is 0.313 e. The summed E-state index contributed by atoms with van der Waals surface area (Å²) < 4.78 is 0. The van der Waals surface area contributed by atoms with E-state index < -0.39 is 11.8 Å². The maximum Gasteiger partial charge on any atom is 0.313 e. The number of pyridine rings is 1. The van der Waals surface area contributed by atoms with E-state index in [1.54, 1.807) is 6.20 Å². The van der Waals surface area contributed by atoms with E-state index in [0.29, 0.717) is 18.8 Å². The number of aromatic nitrogens is 1. The lowest BCUT2D eigenvalue weighted by Crippen LogP contribution is -2.42. The quantitative estimate of drug-likeness (QED) is 0.704. The van der Waals surface area contributed by atoms with Crippen LogP contribution in [0, 0.1) is 5.41 Å². The summed E-state index contributed by atoms with van der Waals surface area (Å²) in [5.74, 6) is -0.323. The van der Waals surface area contributed by atoms with Crippen molar-refractivity contribution in [3.05, 3.63) is 53.7 Å². The maximum atomic E-state index is 12.4. The second-order valence-electron chi connectivity index (χ2n) is 7.86. The lowest BCUT2D eigenvalue weighted by molar-refractivity contribution is -0.136. The molecular formula is C21H25N5O2. The first-order valence-corrected chi connectivity index (χ1v) is 9.61. The third-order valence-electron chi connectivity index (χ3n) is 5.54. The lowest BCUT2D eigenvalue weighted by atomic mass is 9.90. The fourth-order valence-corrected chi connectivity index (χ4v) is 3.81. The van der Waals surface area contributed by atoms with Gasteiger partial charge in [-0.3, -0.25) is 9.59 Å². The van der Waals surface area contributed by atoms with Crippen molar-refractivity contribution in [1.29, 1.82) is 0 Å². The average molecular weight is 379 g/mol. The topological polar surface area (TPSA) is 86.4 Å². The predicted octanol–water partition coefficient (Wildman–Crippen LogP) is 1.66. The number of carbonyl (C=O) groups excluding carboxylic acids is 2. The van der Waals surface area contributed by atoms with Crippen molar-refractivity contribution in [3.8, 4) is 0 Å². The van der Waals surface area contributed by atoms with Crippen LogP contribution in [0.15, 0.2) is 42.6 Å². The summed E-state index contributed by atoms with van der Waals surface area (Å²) in [6.45, 7) is 5.78. The average Bonchev–Trinajstić information content (AvgIpc) is 3.34. The minimum absolute atomic E-state index is 0.00706. The Bertz CT molecular complexity index is 878. The molecule has 146 valence electrons. The van der Waals surface area contributed by atoms with Crippen LogP contribution in [0.25, 0.3) is 0 Å². The number of rotatable bonds is 4. The van der Waals surface area contributed by atoms with Crippen LogP contribution in [0.1, 0.15) is 24.5 Å². The van der Waals surface area contributed by atoms with E-state index in [0.717, 1.165) is 43.0 Å². The first kappa shape index (κ1) is 18.4. The van der Waals surface area contributed by atoms with Gasteiger partial charge in [0.15, 0.2) is 0 Å². The highest BCUT2D eigenvalue weighted by molar-refractivity contribution is 6.39. The minimum Gasteiger partial charge on any atom is -0.348 e. The molecule has 1 fully saturated rings. The van der Waals surface area contributed by atoms with Gasteiger partial charge in [-0.25, -0.2) is 4.98 Å². The summed E-state index contributed by atoms with van der Waals surface area (Å²) >= 11 is 0. The fourth-order valence-electron chi connectivity index (χ4n) is 3.81. The van der Waals surface area contributed by atoms with Crippen molar-refractivity contribution in [2.24, 2.45) is 5.41 Å². The monoisotopic (exact) mass is 379 g/mol. The Morgan fingerprint density at radius 2 is 2.07 bits per heavy atom. The third-order valence-corrected chi connectivity index (χ3v) is 5.54. The van der Waals surface area contributed by atoms with Gasteiger partial charge in [-0.1, -0.05) is 25.1 Å². The van der Waals surface area contributed by atoms with Gasteiger partial charge in [0.05, 0.1) is 0 Å². The van der Waals surface area contributed by atoms with Gasteiger partial charge in [-0.2, -0.15) is 0 Å². The molecule has 2 aliphatic rings. The van der Waals surface area contributed by atoms with Gasteiger partial charge >= 0.3 is 11.8 Å². The van der Waals surface area contributed by atoms with Crippen LogP contribution >= 0.6 is 0 Å². The molecule has 1 atom stereocenters. The summed E-state index contributed by atoms with van der Waals surface area (Å²) in [7, 11) is 0. The molecule has 1 aromatic heterocycles. The SMILES string of the molecule is CC1(CNC(=O)C(=O)Nc2cccc3c2CN(c2ccccn2)C3)CCNC1. The van der Waals surface area contributed by atoms with E-state index in [4.69, 9.17) is 0 Å². The van der Waals surface area contributed by atoms with Gasteiger partial charge in [0, 0.05) is 38.1 Å². The first-order chi connectivity index (χ1) is 13.5. The van der Waals surface area contributed by atoms with Crippen LogP contribution in [0.3, 0.4) is 0 Å². The molecule has 0 aliphatic carbocycles. The van der Waals surface area contributed by atoms with Crippen molar-refractivity contribution < 1.29 is 9.59 Å². The fraction of sp³-hybridized carbons (Fsp3) is 0.381. The van der Waals surface area contributed by atoms with Crippen LogP contribution in [-0.4, -0.2) is 36.4 Å². The molecule has 28 heavy (non-hydrogen) atoms. The summed E-state index contributed by atoms with van der Waals surface area (Å²) in [6, 6.07) is 11.6. The largest absolute Gasteiger partial charge is 0.348 e. The van der Waals surface area contributed by atoms with Crippen molar-refractivity contribution >= 4 is 23.3 Å². The molecular weight excluding hydrogens is 354 g/mol. The molecule has 3 heterocycles. The molecule has 0 saturated carbocycles. The van der Waals surface area contributed by atoms with Gasteiger partial charge in [-0.15, -0.1) is 0 Å². The molecule has 1 aromatic carbocycles. The summed E-state index contributed by atoms with van der Waals surface area (Å²) in [5, 5.41) is 8.85. The molecule has 1 unspecified atom stereocenters. The Morgan fingerprint density at radius 3 is 2.82 bits per heavy atom. The molecule has 2 aliphatic heterocycles. The Balaban J connectivity index is 1.40. The molecule has 0 spiro atoms. The predicted molar refractivity (Wildman–Crippen MR) is 108 cm³/mol. The second-order valence-corrected chi connectivity index (χ2v) is 7.86. The van der Waals surface area contributed by atoms with Gasteiger partial charge in [-0.05, 0) is 47.7 Å². The zero-order chi connectivity index (χ0) is 19.6. The number of hydrogen-bond acceptors (Lipinski definition) is 5. The van der Waals surface area contributed by atoms with Gasteiger partial charge in [0.2, 0.25) is 0 Å². The van der Waals surface area contributed by atoms with Crippen LogP contribution in [0.4, 0.5) is 11.5 Å². The minimum atomic E-state index is -0.626. The van der Waals surface area contributed by atoms with E-state index in [2.05, 4.69) is 32.8 Å². The molecule has 2 amide bonds. The van der Waals surface area contributed by atoms with Gasteiger partial charge in [0.25, 0.3) is 0 Å². The van der Waals surface area contributed by atoms with E-state index >= 15 is 0 Å². The number of nitrogens with one attached hydrogen (secondary N) is 3. The standard InChI is InChI=1S/C21H25N5O2/c1-21(8-10-22-13-21)14-24-19(27)20(28)25-17-6-4-5-15-11-26(12-16(15)17)18-7-2-3-9-23-18/h2-7,9,22H,8,10-14H2,1H3,(H,24,27)(H,25,28). The molecule has 2 aromatic rings. The summed E-state index contributed by atoms with van der Waals surface area (Å²) in [6.07, 6.45) is 2.76. The molecule has 3 N–H and O–H groups in total. The normalized spacial score (nSPS) is 20.7. The molecule has 7 heteroatoms. The summed E-state index contributed by atoms with van der Waals surface area (Å²) in [4.78, 5) is 31.2. The van der Waals surface area contributed by atoms with Gasteiger partial charge < -0.3 is 20.9 Å². The summed E-state index contributed by atoms with van der Waals surface area (Å²) in [5.41, 5.74) is 2.85. The van der Waals surface area contributed by atoms with Crippen LogP contribution < -0.4 is 20.9 Å². The van der Waals surface area contributed by atoms with Crippen molar-refractivity contribution in [2.45, 2.75) is 26.4 Å². The van der Waals surface area contributed by atoms with E-state index in [9.17, 15) is 9.59 Å². The Morgan fingerprint density at radius 1 is 1.18 bits per heavy atom. The van der Waals surface area contributed by atoms with Crippen molar-refractivity contribution in [3.63, 3.8) is 0 Å².